The van der Waals surface area contributed by atoms with E-state index in [1.165, 1.54) is 5.56 Å². The first kappa shape index (κ1) is 6.99. The molecule has 0 saturated heterocycles. The fourth-order valence-electron chi connectivity index (χ4n) is 1.34. The zero-order valence-electron chi connectivity index (χ0n) is 6.09. The van der Waals surface area contributed by atoms with Gasteiger partial charge in [0.15, 0.2) is 0 Å². The summed E-state index contributed by atoms with van der Waals surface area (Å²) in [6.45, 7) is 0. The maximum atomic E-state index is 5.67. The summed E-state index contributed by atoms with van der Waals surface area (Å²) in [6.07, 6.45) is 1.15. The van der Waals surface area contributed by atoms with E-state index < -0.39 is 0 Å². The average molecular weight is 169 g/mol. The van der Waals surface area contributed by atoms with Crippen LogP contribution in [0.2, 0.25) is 0 Å². The van der Waals surface area contributed by atoms with E-state index in [0.29, 0.717) is 5.88 Å². The van der Waals surface area contributed by atoms with Gasteiger partial charge in [0.1, 0.15) is 11.9 Å². The molecule has 0 fully saturated rings. The molecule has 58 valence electrons. The van der Waals surface area contributed by atoms with Crippen molar-refractivity contribution in [3.05, 3.63) is 29.8 Å². The van der Waals surface area contributed by atoms with E-state index >= 15 is 0 Å². The topological polar surface area (TPSA) is 9.23 Å². The molecule has 1 heterocycles. The van der Waals surface area contributed by atoms with Crippen molar-refractivity contribution in [2.24, 2.45) is 0 Å². The third kappa shape index (κ3) is 1.21. The summed E-state index contributed by atoms with van der Waals surface area (Å²) in [5.74, 6) is 1.58. The Hall–Kier alpha value is -0.690. The summed E-state index contributed by atoms with van der Waals surface area (Å²) in [7, 11) is 0. The van der Waals surface area contributed by atoms with Crippen molar-refractivity contribution >= 4 is 11.6 Å². The van der Waals surface area contributed by atoms with Crippen LogP contribution in [0.15, 0.2) is 24.3 Å². The molecule has 1 aliphatic rings. The van der Waals surface area contributed by atoms with Crippen LogP contribution in [-0.4, -0.2) is 12.0 Å². The van der Waals surface area contributed by atoms with Gasteiger partial charge in [-0.2, -0.15) is 0 Å². The summed E-state index contributed by atoms with van der Waals surface area (Å²) in [6, 6.07) is 8.08. The van der Waals surface area contributed by atoms with Gasteiger partial charge in [0.25, 0.3) is 0 Å². The van der Waals surface area contributed by atoms with Crippen molar-refractivity contribution in [3.8, 4) is 5.75 Å². The molecule has 1 nitrogen and oxygen atoms in total. The Balaban J connectivity index is 2.27. The van der Waals surface area contributed by atoms with Gasteiger partial charge in [0, 0.05) is 6.42 Å². The summed E-state index contributed by atoms with van der Waals surface area (Å²) in [4.78, 5) is 0. The number of benzene rings is 1. The highest BCUT2D eigenvalue weighted by molar-refractivity contribution is 6.18. The molecular weight excluding hydrogens is 160 g/mol. The predicted molar refractivity (Wildman–Crippen MR) is 45.3 cm³/mol. The lowest BCUT2D eigenvalue weighted by Gasteiger charge is -2.04. The lowest BCUT2D eigenvalue weighted by Crippen LogP contribution is -2.13. The molecule has 0 saturated carbocycles. The smallest absolute Gasteiger partial charge is 0.123 e. The zero-order chi connectivity index (χ0) is 7.68. The van der Waals surface area contributed by atoms with Crippen LogP contribution >= 0.6 is 11.6 Å². The second-order valence-corrected chi connectivity index (χ2v) is 3.01. The van der Waals surface area contributed by atoms with Crippen LogP contribution in [0.5, 0.6) is 5.75 Å². The Morgan fingerprint density at radius 1 is 1.45 bits per heavy atom. The van der Waals surface area contributed by atoms with Crippen LogP contribution in [0, 0.1) is 0 Å². The van der Waals surface area contributed by atoms with Gasteiger partial charge in [-0.3, -0.25) is 0 Å². The second-order valence-electron chi connectivity index (χ2n) is 2.71. The molecule has 0 aromatic heterocycles. The molecule has 0 N–H and O–H groups in total. The normalized spacial score (nSPS) is 21.0. The molecule has 1 atom stereocenters. The second kappa shape index (κ2) is 2.74. The SMILES string of the molecule is ClCC1Cc2ccccc2O1. The summed E-state index contributed by atoms with van der Waals surface area (Å²) >= 11 is 5.67. The predicted octanol–water partition coefficient (Wildman–Crippen LogP) is 2.23. The number of ether oxygens (including phenoxy) is 1. The van der Waals surface area contributed by atoms with E-state index in [4.69, 9.17) is 16.3 Å². The van der Waals surface area contributed by atoms with Gasteiger partial charge in [-0.05, 0) is 11.6 Å². The van der Waals surface area contributed by atoms with Gasteiger partial charge < -0.3 is 4.74 Å². The molecule has 2 heteroatoms. The molecule has 0 amide bonds. The van der Waals surface area contributed by atoms with Crippen LogP contribution < -0.4 is 4.74 Å². The highest BCUT2D eigenvalue weighted by Crippen LogP contribution is 2.28. The van der Waals surface area contributed by atoms with Gasteiger partial charge in [-0.25, -0.2) is 0 Å². The summed E-state index contributed by atoms with van der Waals surface area (Å²) < 4.78 is 5.52. The minimum atomic E-state index is 0.189. The fourth-order valence-corrected chi connectivity index (χ4v) is 1.51. The lowest BCUT2D eigenvalue weighted by molar-refractivity contribution is 0.258. The lowest BCUT2D eigenvalue weighted by atomic mass is 10.1. The number of para-hydroxylation sites is 1. The molecule has 2 rings (SSSR count). The van der Waals surface area contributed by atoms with Crippen molar-refractivity contribution < 1.29 is 4.74 Å². The van der Waals surface area contributed by atoms with Crippen molar-refractivity contribution in [1.29, 1.82) is 0 Å². The number of halogens is 1. The number of fused-ring (bicyclic) bond motifs is 1. The Morgan fingerprint density at radius 2 is 2.27 bits per heavy atom. The van der Waals surface area contributed by atoms with Gasteiger partial charge >= 0.3 is 0 Å². The molecule has 1 unspecified atom stereocenters. The largest absolute Gasteiger partial charge is 0.489 e. The van der Waals surface area contributed by atoms with E-state index in [0.717, 1.165) is 12.2 Å². The Labute approximate surface area is 70.9 Å². The van der Waals surface area contributed by atoms with Crippen LogP contribution in [0.1, 0.15) is 5.56 Å². The number of rotatable bonds is 1. The minimum absolute atomic E-state index is 0.189. The van der Waals surface area contributed by atoms with E-state index in [1.807, 2.05) is 18.2 Å². The highest BCUT2D eigenvalue weighted by atomic mass is 35.5. The van der Waals surface area contributed by atoms with E-state index in [9.17, 15) is 0 Å². The molecule has 0 radical (unpaired) electrons. The van der Waals surface area contributed by atoms with Crippen LogP contribution in [-0.2, 0) is 6.42 Å². The maximum absolute atomic E-state index is 5.67. The first-order valence-electron chi connectivity index (χ1n) is 3.70. The van der Waals surface area contributed by atoms with Gasteiger partial charge in [0.2, 0.25) is 0 Å². The quantitative estimate of drug-likeness (QED) is 0.585. The number of hydrogen-bond donors (Lipinski definition) is 0. The molecule has 1 aromatic rings. The molecule has 11 heavy (non-hydrogen) atoms. The summed E-state index contributed by atoms with van der Waals surface area (Å²) in [5.41, 5.74) is 1.28. The maximum Gasteiger partial charge on any atom is 0.123 e. The zero-order valence-corrected chi connectivity index (χ0v) is 6.84. The first-order chi connectivity index (χ1) is 5.40. The van der Waals surface area contributed by atoms with Crippen molar-refractivity contribution in [2.45, 2.75) is 12.5 Å². The molecule has 0 aliphatic carbocycles. The summed E-state index contributed by atoms with van der Waals surface area (Å²) in [5, 5.41) is 0. The monoisotopic (exact) mass is 168 g/mol. The molecule has 1 aliphatic heterocycles. The molecular formula is C9H9ClO. The van der Waals surface area contributed by atoms with Gasteiger partial charge in [-0.15, -0.1) is 11.6 Å². The van der Waals surface area contributed by atoms with E-state index in [2.05, 4.69) is 6.07 Å². The molecule has 0 bridgehead atoms. The fraction of sp³-hybridized carbons (Fsp3) is 0.333. The van der Waals surface area contributed by atoms with Crippen molar-refractivity contribution in [3.63, 3.8) is 0 Å². The molecule has 1 aromatic carbocycles. The average Bonchev–Trinajstić information content (AvgIpc) is 2.46. The highest BCUT2D eigenvalue weighted by Gasteiger charge is 2.20. The van der Waals surface area contributed by atoms with Crippen LogP contribution in [0.3, 0.4) is 0 Å². The van der Waals surface area contributed by atoms with E-state index in [1.54, 1.807) is 0 Å². The van der Waals surface area contributed by atoms with E-state index in [-0.39, 0.29) is 6.10 Å². The van der Waals surface area contributed by atoms with Crippen LogP contribution in [0.25, 0.3) is 0 Å². The van der Waals surface area contributed by atoms with Gasteiger partial charge in [0.05, 0.1) is 5.88 Å². The Morgan fingerprint density at radius 3 is 3.00 bits per heavy atom. The number of alkyl halides is 1. The van der Waals surface area contributed by atoms with Crippen molar-refractivity contribution in [1.82, 2.24) is 0 Å². The number of hydrogen-bond acceptors (Lipinski definition) is 1. The first-order valence-corrected chi connectivity index (χ1v) is 4.24. The van der Waals surface area contributed by atoms with Crippen molar-refractivity contribution in [2.75, 3.05) is 5.88 Å². The minimum Gasteiger partial charge on any atom is -0.489 e. The standard InChI is InChI=1S/C9H9ClO/c10-6-8-5-7-3-1-2-4-9(7)11-8/h1-4,8H,5-6H2. The third-order valence-corrected chi connectivity index (χ3v) is 2.23. The van der Waals surface area contributed by atoms with Crippen LogP contribution in [0.4, 0.5) is 0 Å². The third-order valence-electron chi connectivity index (χ3n) is 1.89. The van der Waals surface area contributed by atoms with Gasteiger partial charge in [-0.1, -0.05) is 18.2 Å². The Bertz CT molecular complexity index is 234. The molecule has 0 spiro atoms. The Kier molecular flexibility index (Phi) is 1.74.